The van der Waals surface area contributed by atoms with Crippen LogP contribution in [0.2, 0.25) is 0 Å². The zero-order valence-electron chi connectivity index (χ0n) is 17.1. The first-order valence-corrected chi connectivity index (χ1v) is 11.1. The van der Waals surface area contributed by atoms with E-state index in [0.29, 0.717) is 24.6 Å². The van der Waals surface area contributed by atoms with Crippen LogP contribution in [0.3, 0.4) is 0 Å². The summed E-state index contributed by atoms with van der Waals surface area (Å²) < 4.78 is 51.7. The van der Waals surface area contributed by atoms with Crippen molar-refractivity contribution in [2.45, 2.75) is 31.1 Å². The maximum atomic E-state index is 12.2. The number of nitrogens with one attached hydrogen (secondary N) is 2. The molecule has 1 unspecified atom stereocenters. The van der Waals surface area contributed by atoms with Gasteiger partial charge in [0.05, 0.1) is 17.5 Å². The fraction of sp³-hybridized carbons (Fsp3) is 0.350. The smallest absolute Gasteiger partial charge is 0.387 e. The first-order chi connectivity index (χ1) is 14.2. The number of alkyl halides is 2. The fourth-order valence-corrected chi connectivity index (χ4v) is 3.17. The van der Waals surface area contributed by atoms with E-state index in [9.17, 15) is 22.3 Å². The van der Waals surface area contributed by atoms with Crippen LogP contribution in [0.15, 0.2) is 58.4 Å². The molecule has 2 rings (SSSR count). The lowest BCUT2D eigenvalue weighted by molar-refractivity contribution is -0.0498. The van der Waals surface area contributed by atoms with Gasteiger partial charge in [-0.05, 0) is 42.3 Å². The lowest BCUT2D eigenvalue weighted by atomic mass is 10.1. The number of hydrogen-bond donors (Lipinski definition) is 3. The third-order valence-corrected chi connectivity index (χ3v) is 5.20. The second-order valence-electron chi connectivity index (χ2n) is 6.46. The molecule has 0 bridgehead atoms. The lowest BCUT2D eigenvalue weighted by Gasteiger charge is -2.16. The van der Waals surface area contributed by atoms with Crippen LogP contribution in [0.1, 0.15) is 24.2 Å². The number of rotatable bonds is 9. The van der Waals surface area contributed by atoms with Crippen molar-refractivity contribution in [2.75, 3.05) is 19.3 Å². The topological polar surface area (TPSA) is 100 Å². The average molecular weight is 569 g/mol. The van der Waals surface area contributed by atoms with E-state index in [-0.39, 0.29) is 41.2 Å². The van der Waals surface area contributed by atoms with Crippen LogP contribution in [0.5, 0.6) is 5.75 Å². The molecular weight excluding hydrogens is 543 g/mol. The van der Waals surface area contributed by atoms with Crippen molar-refractivity contribution in [1.29, 1.82) is 0 Å². The SMILES string of the molecule is CCNC(=NCc1ccc(S(C)(=O)=O)cc1)NCC(O)c1ccc(OC(F)F)cc1.I. The monoisotopic (exact) mass is 569 g/mol. The molecule has 0 amide bonds. The molecule has 2 aromatic rings. The Morgan fingerprint density at radius 2 is 1.71 bits per heavy atom. The summed E-state index contributed by atoms with van der Waals surface area (Å²) in [6.45, 7) is 0.0670. The Kier molecular flexibility index (Phi) is 11.1. The molecule has 172 valence electrons. The van der Waals surface area contributed by atoms with Gasteiger partial charge in [0.2, 0.25) is 0 Å². The minimum absolute atomic E-state index is 0. The van der Waals surface area contributed by atoms with Crippen LogP contribution in [0.25, 0.3) is 0 Å². The van der Waals surface area contributed by atoms with Gasteiger partial charge in [0.15, 0.2) is 15.8 Å². The van der Waals surface area contributed by atoms with Gasteiger partial charge in [-0.1, -0.05) is 24.3 Å². The molecule has 2 aromatic carbocycles. The van der Waals surface area contributed by atoms with Crippen molar-refractivity contribution < 1.29 is 27.0 Å². The molecule has 0 aliphatic carbocycles. The van der Waals surface area contributed by atoms with E-state index in [0.717, 1.165) is 11.8 Å². The number of sulfone groups is 1. The van der Waals surface area contributed by atoms with Crippen molar-refractivity contribution in [3.05, 3.63) is 59.7 Å². The van der Waals surface area contributed by atoms with Gasteiger partial charge >= 0.3 is 6.61 Å². The molecule has 11 heteroatoms. The molecule has 0 aliphatic heterocycles. The van der Waals surface area contributed by atoms with Crippen molar-refractivity contribution in [2.24, 2.45) is 4.99 Å². The van der Waals surface area contributed by atoms with Gasteiger partial charge in [0.1, 0.15) is 5.75 Å². The number of aliphatic hydroxyl groups is 1. The number of ether oxygens (including phenoxy) is 1. The maximum absolute atomic E-state index is 12.2. The molecule has 1 atom stereocenters. The van der Waals surface area contributed by atoms with Crippen molar-refractivity contribution >= 4 is 39.8 Å². The summed E-state index contributed by atoms with van der Waals surface area (Å²) in [5.41, 5.74) is 1.37. The highest BCUT2D eigenvalue weighted by Crippen LogP contribution is 2.19. The van der Waals surface area contributed by atoms with Gasteiger partial charge in [-0.25, -0.2) is 13.4 Å². The Hall–Kier alpha value is -1.99. The molecule has 0 fully saturated rings. The van der Waals surface area contributed by atoms with E-state index in [2.05, 4.69) is 20.4 Å². The lowest BCUT2D eigenvalue weighted by Crippen LogP contribution is -2.39. The van der Waals surface area contributed by atoms with E-state index in [1.165, 1.54) is 36.4 Å². The second kappa shape index (κ2) is 12.8. The minimum Gasteiger partial charge on any atom is -0.435 e. The van der Waals surface area contributed by atoms with Crippen LogP contribution in [-0.4, -0.2) is 45.4 Å². The largest absolute Gasteiger partial charge is 0.435 e. The Morgan fingerprint density at radius 3 is 2.23 bits per heavy atom. The van der Waals surface area contributed by atoms with Crippen molar-refractivity contribution in [3.8, 4) is 5.75 Å². The quantitative estimate of drug-likeness (QED) is 0.244. The summed E-state index contributed by atoms with van der Waals surface area (Å²) in [7, 11) is -3.25. The van der Waals surface area contributed by atoms with E-state index < -0.39 is 22.6 Å². The first kappa shape index (κ1) is 27.0. The van der Waals surface area contributed by atoms with E-state index in [1.54, 1.807) is 12.1 Å². The average Bonchev–Trinajstić information content (AvgIpc) is 2.69. The van der Waals surface area contributed by atoms with E-state index in [4.69, 9.17) is 0 Å². The zero-order chi connectivity index (χ0) is 22.1. The number of aliphatic hydroxyl groups excluding tert-OH is 1. The highest BCUT2D eigenvalue weighted by atomic mass is 127. The third kappa shape index (κ3) is 9.35. The molecular formula is C20H26F2IN3O4S. The molecule has 0 radical (unpaired) electrons. The number of hydrogen-bond acceptors (Lipinski definition) is 5. The molecule has 0 saturated heterocycles. The predicted molar refractivity (Wildman–Crippen MR) is 126 cm³/mol. The minimum atomic E-state index is -3.25. The number of nitrogens with zero attached hydrogens (tertiary/aromatic N) is 1. The van der Waals surface area contributed by atoms with Crippen molar-refractivity contribution in [1.82, 2.24) is 10.6 Å². The summed E-state index contributed by atoms with van der Waals surface area (Å²) in [6.07, 6.45) is 0.265. The number of guanidine groups is 1. The van der Waals surface area contributed by atoms with Gasteiger partial charge in [0.25, 0.3) is 0 Å². The van der Waals surface area contributed by atoms with Crippen LogP contribution in [0, 0.1) is 0 Å². The Morgan fingerprint density at radius 1 is 1.10 bits per heavy atom. The summed E-state index contributed by atoms with van der Waals surface area (Å²) in [4.78, 5) is 4.66. The van der Waals surface area contributed by atoms with Gasteiger partial charge < -0.3 is 20.5 Å². The molecule has 3 N–H and O–H groups in total. The first-order valence-electron chi connectivity index (χ1n) is 9.23. The van der Waals surface area contributed by atoms with Crippen molar-refractivity contribution in [3.63, 3.8) is 0 Å². The Bertz CT molecular complexity index is 940. The fourth-order valence-electron chi connectivity index (χ4n) is 2.54. The summed E-state index contributed by atoms with van der Waals surface area (Å²) >= 11 is 0. The van der Waals surface area contributed by atoms with Gasteiger partial charge in [-0.2, -0.15) is 8.78 Å². The summed E-state index contributed by atoms with van der Waals surface area (Å²) in [5.74, 6) is 0.493. The van der Waals surface area contributed by atoms with Gasteiger partial charge in [-0.15, -0.1) is 24.0 Å². The summed E-state index contributed by atoms with van der Waals surface area (Å²) in [5, 5.41) is 16.4. The van der Waals surface area contributed by atoms with Crippen LogP contribution in [-0.2, 0) is 16.4 Å². The number of aliphatic imine (C=N–C) groups is 1. The highest BCUT2D eigenvalue weighted by molar-refractivity contribution is 14.0. The standard InChI is InChI=1S/C20H25F2N3O4S.HI/c1-3-23-20(24-12-14-4-10-17(11-5-14)30(2,27)28)25-13-18(26)15-6-8-16(9-7-15)29-19(21)22;/h4-11,18-19,26H,3,12-13H2,1-2H3,(H2,23,24,25);1H. The maximum Gasteiger partial charge on any atom is 0.387 e. The van der Waals surface area contributed by atoms with E-state index >= 15 is 0 Å². The molecule has 7 nitrogen and oxygen atoms in total. The Balaban J connectivity index is 0.00000480. The molecule has 0 spiro atoms. The number of halogens is 3. The molecule has 0 saturated carbocycles. The van der Waals surface area contributed by atoms with E-state index in [1.807, 2.05) is 6.92 Å². The number of benzene rings is 2. The zero-order valence-corrected chi connectivity index (χ0v) is 20.2. The van der Waals surface area contributed by atoms with Gasteiger partial charge in [0, 0.05) is 19.3 Å². The van der Waals surface area contributed by atoms with Gasteiger partial charge in [-0.3, -0.25) is 0 Å². The normalized spacial score (nSPS) is 12.8. The predicted octanol–water partition coefficient (Wildman–Crippen LogP) is 3.10. The van der Waals surface area contributed by atoms with Crippen LogP contribution >= 0.6 is 24.0 Å². The summed E-state index contributed by atoms with van der Waals surface area (Å²) in [6, 6.07) is 12.2. The Labute approximate surface area is 197 Å². The molecule has 0 aromatic heterocycles. The van der Waals surface area contributed by atoms with Crippen LogP contribution in [0.4, 0.5) is 8.78 Å². The third-order valence-electron chi connectivity index (χ3n) is 4.07. The molecule has 0 heterocycles. The second-order valence-corrected chi connectivity index (χ2v) is 8.47. The molecule has 31 heavy (non-hydrogen) atoms. The highest BCUT2D eigenvalue weighted by Gasteiger charge is 2.11. The molecule has 0 aliphatic rings. The van der Waals surface area contributed by atoms with Crippen LogP contribution < -0.4 is 15.4 Å².